The third-order valence-corrected chi connectivity index (χ3v) is 8.55. The molecule has 0 bridgehead atoms. The molecule has 0 spiro atoms. The quantitative estimate of drug-likeness (QED) is 0.284. The molecule has 11 heteroatoms. The average Bonchev–Trinajstić information content (AvgIpc) is 3.21. The third kappa shape index (κ3) is 9.88. The lowest BCUT2D eigenvalue weighted by Gasteiger charge is -2.26. The molecule has 3 rings (SSSR count). The molecule has 41 heavy (non-hydrogen) atoms. The van der Waals surface area contributed by atoms with Crippen molar-refractivity contribution in [3.63, 3.8) is 0 Å². The Labute approximate surface area is 243 Å². The fourth-order valence-corrected chi connectivity index (χ4v) is 6.27. The van der Waals surface area contributed by atoms with Gasteiger partial charge in [0.2, 0.25) is 15.9 Å². The topological polar surface area (TPSA) is 128 Å². The van der Waals surface area contributed by atoms with Crippen LogP contribution in [-0.4, -0.2) is 74.1 Å². The van der Waals surface area contributed by atoms with Crippen LogP contribution < -0.4 is 15.4 Å². The zero-order valence-corrected chi connectivity index (χ0v) is 25.2. The van der Waals surface area contributed by atoms with E-state index >= 15 is 0 Å². The smallest absolute Gasteiger partial charge is 0.251 e. The highest BCUT2D eigenvalue weighted by molar-refractivity contribution is 7.89. The maximum absolute atomic E-state index is 13.3. The van der Waals surface area contributed by atoms with Crippen molar-refractivity contribution in [2.75, 3.05) is 19.6 Å². The van der Waals surface area contributed by atoms with Crippen molar-refractivity contribution in [1.29, 1.82) is 0 Å². The SMILES string of the molecule is Cc1ccc(S(=O)(=O)N[C@@H](CC(C)C)CN2CC(O)C(NC(=O)[C@H](CC(C)C)NC(=O)c3ccc(F)cc3)C2)cc1. The normalized spacial score (nSPS) is 19.3. The number of benzene rings is 2. The second kappa shape index (κ2) is 14.4. The number of sulfonamides is 1. The molecule has 2 aromatic carbocycles. The van der Waals surface area contributed by atoms with E-state index in [-0.39, 0.29) is 28.8 Å². The molecule has 0 aromatic heterocycles. The van der Waals surface area contributed by atoms with E-state index in [2.05, 4.69) is 15.4 Å². The van der Waals surface area contributed by atoms with Gasteiger partial charge in [0.1, 0.15) is 11.9 Å². The van der Waals surface area contributed by atoms with Crippen molar-refractivity contribution in [3.05, 3.63) is 65.5 Å². The van der Waals surface area contributed by atoms with Gasteiger partial charge in [-0.05, 0) is 68.0 Å². The van der Waals surface area contributed by atoms with Gasteiger partial charge in [-0.15, -0.1) is 0 Å². The first-order valence-corrected chi connectivity index (χ1v) is 15.6. The van der Waals surface area contributed by atoms with Gasteiger partial charge in [0.25, 0.3) is 5.91 Å². The highest BCUT2D eigenvalue weighted by Gasteiger charge is 2.36. The minimum Gasteiger partial charge on any atom is -0.390 e. The Morgan fingerprint density at radius 2 is 1.59 bits per heavy atom. The van der Waals surface area contributed by atoms with Gasteiger partial charge in [-0.3, -0.25) is 14.5 Å². The Bertz CT molecular complexity index is 1270. The number of aryl methyl sites for hydroxylation is 1. The summed E-state index contributed by atoms with van der Waals surface area (Å²) in [6.45, 7) is 10.8. The molecule has 1 aliphatic rings. The monoisotopic (exact) mass is 590 g/mol. The molecular formula is C30H43FN4O5S. The van der Waals surface area contributed by atoms with E-state index in [4.69, 9.17) is 0 Å². The molecule has 226 valence electrons. The van der Waals surface area contributed by atoms with E-state index in [9.17, 15) is 27.5 Å². The molecule has 0 aliphatic carbocycles. The number of amides is 2. The number of likely N-dealkylation sites (tertiary alicyclic amines) is 1. The van der Waals surface area contributed by atoms with Gasteiger partial charge in [-0.1, -0.05) is 45.4 Å². The fraction of sp³-hybridized carbons (Fsp3) is 0.533. The number of nitrogens with one attached hydrogen (secondary N) is 3. The molecule has 1 heterocycles. The summed E-state index contributed by atoms with van der Waals surface area (Å²) >= 11 is 0. The molecule has 1 fully saturated rings. The van der Waals surface area contributed by atoms with Gasteiger partial charge in [0.15, 0.2) is 0 Å². The molecule has 4 atom stereocenters. The molecule has 9 nitrogen and oxygen atoms in total. The van der Waals surface area contributed by atoms with Gasteiger partial charge < -0.3 is 15.7 Å². The summed E-state index contributed by atoms with van der Waals surface area (Å²) in [6.07, 6.45) is 0.114. The van der Waals surface area contributed by atoms with Crippen molar-refractivity contribution < 1.29 is 27.5 Å². The zero-order chi connectivity index (χ0) is 30.3. The average molecular weight is 591 g/mol. The van der Waals surface area contributed by atoms with E-state index in [0.29, 0.717) is 25.9 Å². The van der Waals surface area contributed by atoms with Crippen LogP contribution in [0.4, 0.5) is 4.39 Å². The standard InChI is InChI=1S/C30H43FN4O5S/c1-19(2)14-24(34-41(39,40)25-12-6-21(5)7-13-25)16-35-17-27(28(36)18-35)33-30(38)26(15-20(3)4)32-29(37)22-8-10-23(31)11-9-22/h6-13,19-20,24,26-28,34,36H,14-18H2,1-5H3,(H,32,37)(H,33,38)/t24-,26-,27?,28?/m0/s1. The Kier molecular flexibility index (Phi) is 11.4. The number of halogens is 1. The first-order chi connectivity index (χ1) is 19.2. The summed E-state index contributed by atoms with van der Waals surface area (Å²) in [5.74, 6) is -1.04. The van der Waals surface area contributed by atoms with E-state index in [0.717, 1.165) is 5.56 Å². The van der Waals surface area contributed by atoms with Gasteiger partial charge in [-0.25, -0.2) is 17.5 Å². The predicted octanol–water partition coefficient (Wildman–Crippen LogP) is 2.83. The first-order valence-electron chi connectivity index (χ1n) is 14.1. The number of hydrogen-bond acceptors (Lipinski definition) is 6. The first kappa shape index (κ1) is 32.7. The molecule has 4 N–H and O–H groups in total. The summed E-state index contributed by atoms with van der Waals surface area (Å²) in [7, 11) is -3.74. The fourth-order valence-electron chi connectivity index (χ4n) is 5.03. The van der Waals surface area contributed by atoms with Crippen LogP contribution in [0.15, 0.2) is 53.4 Å². The van der Waals surface area contributed by atoms with Crippen LogP contribution in [0.5, 0.6) is 0 Å². The number of aliphatic hydroxyl groups is 1. The molecule has 0 saturated carbocycles. The van der Waals surface area contributed by atoms with Crippen LogP contribution in [0.3, 0.4) is 0 Å². The Morgan fingerprint density at radius 1 is 0.976 bits per heavy atom. The summed E-state index contributed by atoms with van der Waals surface area (Å²) in [5.41, 5.74) is 1.21. The van der Waals surface area contributed by atoms with Crippen LogP contribution >= 0.6 is 0 Å². The second-order valence-corrected chi connectivity index (χ2v) is 13.5. The number of carbonyl (C=O) groups is 2. The largest absolute Gasteiger partial charge is 0.390 e. The van der Waals surface area contributed by atoms with Crippen LogP contribution in [0.25, 0.3) is 0 Å². The number of aliphatic hydroxyl groups excluding tert-OH is 1. The van der Waals surface area contributed by atoms with Gasteiger partial charge in [0.05, 0.1) is 17.0 Å². The molecular weight excluding hydrogens is 547 g/mol. The predicted molar refractivity (Wildman–Crippen MR) is 156 cm³/mol. The highest BCUT2D eigenvalue weighted by Crippen LogP contribution is 2.18. The maximum Gasteiger partial charge on any atom is 0.251 e. The number of nitrogens with zero attached hydrogens (tertiary/aromatic N) is 1. The summed E-state index contributed by atoms with van der Waals surface area (Å²) in [5, 5.41) is 16.4. The minimum absolute atomic E-state index is 0.0996. The lowest BCUT2D eigenvalue weighted by Crippen LogP contribution is -2.53. The maximum atomic E-state index is 13.3. The van der Waals surface area contributed by atoms with Crippen molar-refractivity contribution in [3.8, 4) is 0 Å². The molecule has 2 unspecified atom stereocenters. The number of β-amino-alcohol motifs (C(OH)–C–C–N with tert-alkyl or cyclic N) is 1. The van der Waals surface area contributed by atoms with E-state index in [1.807, 2.05) is 39.5 Å². The van der Waals surface area contributed by atoms with E-state index in [1.54, 1.807) is 24.3 Å². The van der Waals surface area contributed by atoms with Gasteiger partial charge in [-0.2, -0.15) is 0 Å². The molecule has 2 aromatic rings. The Hall–Kier alpha value is -2.86. The molecule has 0 radical (unpaired) electrons. The second-order valence-electron chi connectivity index (χ2n) is 11.8. The van der Waals surface area contributed by atoms with Crippen molar-refractivity contribution in [2.24, 2.45) is 11.8 Å². The van der Waals surface area contributed by atoms with E-state index < -0.39 is 51.9 Å². The van der Waals surface area contributed by atoms with Crippen LogP contribution in [0, 0.1) is 24.6 Å². The zero-order valence-electron chi connectivity index (χ0n) is 24.4. The van der Waals surface area contributed by atoms with Crippen molar-refractivity contribution in [1.82, 2.24) is 20.3 Å². The van der Waals surface area contributed by atoms with Crippen molar-refractivity contribution >= 4 is 21.8 Å². The lowest BCUT2D eigenvalue weighted by molar-refractivity contribution is -0.124. The minimum atomic E-state index is -3.74. The van der Waals surface area contributed by atoms with Crippen LogP contribution in [-0.2, 0) is 14.8 Å². The summed E-state index contributed by atoms with van der Waals surface area (Å²) in [6, 6.07) is 9.92. The van der Waals surface area contributed by atoms with E-state index in [1.165, 1.54) is 24.3 Å². The Morgan fingerprint density at radius 3 is 2.17 bits per heavy atom. The van der Waals surface area contributed by atoms with Crippen LogP contribution in [0.1, 0.15) is 56.5 Å². The number of rotatable bonds is 13. The molecule has 1 saturated heterocycles. The van der Waals surface area contributed by atoms with Crippen LogP contribution in [0.2, 0.25) is 0 Å². The summed E-state index contributed by atoms with van der Waals surface area (Å²) in [4.78, 5) is 28.1. The van der Waals surface area contributed by atoms with Gasteiger partial charge >= 0.3 is 0 Å². The highest BCUT2D eigenvalue weighted by atomic mass is 32.2. The number of hydrogen-bond donors (Lipinski definition) is 4. The van der Waals surface area contributed by atoms with Gasteiger partial charge in [0, 0.05) is 31.2 Å². The lowest BCUT2D eigenvalue weighted by atomic mass is 10.0. The molecule has 1 aliphatic heterocycles. The number of carbonyl (C=O) groups excluding carboxylic acids is 2. The third-order valence-electron chi connectivity index (χ3n) is 7.02. The summed E-state index contributed by atoms with van der Waals surface area (Å²) < 4.78 is 42.2. The van der Waals surface area contributed by atoms with Crippen molar-refractivity contribution in [2.45, 2.75) is 76.6 Å². The Balaban J connectivity index is 1.64. The molecule has 2 amide bonds.